The lowest BCUT2D eigenvalue weighted by Crippen LogP contribution is -2.04. The van der Waals surface area contributed by atoms with Crippen LogP contribution < -0.4 is 0 Å². The first-order valence-corrected chi connectivity index (χ1v) is 8.07. The number of hydrogen-bond donors (Lipinski definition) is 2. The lowest BCUT2D eigenvalue weighted by Gasteiger charge is -2.02. The second-order valence-electron chi connectivity index (χ2n) is 4.57. The molecule has 2 heterocycles. The molecule has 24 heavy (non-hydrogen) atoms. The SMILES string of the molecule is N#CC(CCO[P+](=O)OCCC(C#N)c1ncn[nH]1)c1ncn[nH]1. The summed E-state index contributed by atoms with van der Waals surface area (Å²) >= 11 is 0. The predicted octanol–water partition coefficient (Wildman–Crippen LogP) is 1.31. The summed E-state index contributed by atoms with van der Waals surface area (Å²) in [6.45, 7) is 0.135. The van der Waals surface area contributed by atoms with Gasteiger partial charge in [0.15, 0.2) is 0 Å². The molecule has 12 heteroatoms. The molecule has 2 N–H and O–H groups in total. The molecule has 0 aliphatic heterocycles. The van der Waals surface area contributed by atoms with Crippen LogP contribution in [0, 0.1) is 22.7 Å². The van der Waals surface area contributed by atoms with E-state index in [1.54, 1.807) is 0 Å². The Morgan fingerprint density at radius 3 is 1.79 bits per heavy atom. The van der Waals surface area contributed by atoms with Crippen molar-refractivity contribution < 1.29 is 13.6 Å². The Balaban J connectivity index is 1.65. The zero-order chi connectivity index (χ0) is 17.2. The summed E-state index contributed by atoms with van der Waals surface area (Å²) in [7, 11) is -2.33. The second-order valence-corrected chi connectivity index (χ2v) is 5.54. The van der Waals surface area contributed by atoms with Gasteiger partial charge in [0.1, 0.15) is 49.4 Å². The molecule has 0 aliphatic rings. The summed E-state index contributed by atoms with van der Waals surface area (Å²) in [6.07, 6.45) is 3.22. The van der Waals surface area contributed by atoms with Crippen molar-refractivity contribution >= 4 is 8.25 Å². The fourth-order valence-electron chi connectivity index (χ4n) is 1.82. The van der Waals surface area contributed by atoms with Crippen LogP contribution in [-0.4, -0.2) is 43.6 Å². The van der Waals surface area contributed by atoms with Gasteiger partial charge in [0, 0.05) is 4.57 Å². The standard InChI is InChI=1S/C12H14N8O3P/c13-5-9(11-15-7-17-19-11)1-3-22-24(21)23-4-2-10(6-14)12-16-8-18-20-12/h7-10H,1-4H2,(H,15,17,19)(H,16,18,20)/q+1. The predicted molar refractivity (Wildman–Crippen MR) is 78.2 cm³/mol. The molecule has 0 radical (unpaired) electrons. The Labute approximate surface area is 138 Å². The summed E-state index contributed by atoms with van der Waals surface area (Å²) in [5.41, 5.74) is 0. The molecule has 11 nitrogen and oxygen atoms in total. The first-order valence-electron chi connectivity index (χ1n) is 6.97. The number of H-pyrrole nitrogens is 2. The largest absolute Gasteiger partial charge is 0.697 e. The molecule has 0 bridgehead atoms. The van der Waals surface area contributed by atoms with E-state index >= 15 is 0 Å². The summed E-state index contributed by atoms with van der Waals surface area (Å²) in [6, 6.07) is 4.12. The minimum Gasteiger partial charge on any atom is -0.262 e. The van der Waals surface area contributed by atoms with Gasteiger partial charge < -0.3 is 0 Å². The monoisotopic (exact) mass is 349 g/mol. The highest BCUT2D eigenvalue weighted by Crippen LogP contribution is 2.27. The van der Waals surface area contributed by atoms with Crippen LogP contribution in [0.15, 0.2) is 12.7 Å². The van der Waals surface area contributed by atoms with Crippen molar-refractivity contribution in [3.63, 3.8) is 0 Å². The molecule has 0 amide bonds. The molecule has 0 saturated heterocycles. The zero-order valence-corrected chi connectivity index (χ0v) is 13.4. The minimum absolute atomic E-state index is 0.0674. The minimum atomic E-state index is -2.33. The third-order valence-corrected chi connectivity index (χ3v) is 3.83. The molecule has 0 saturated carbocycles. The molecule has 2 aromatic rings. The van der Waals surface area contributed by atoms with Crippen molar-refractivity contribution in [1.29, 1.82) is 10.5 Å². The van der Waals surface area contributed by atoms with Crippen molar-refractivity contribution in [3.05, 3.63) is 24.3 Å². The Hall–Kier alpha value is -2.72. The molecule has 0 aromatic carbocycles. The number of aromatic amines is 2. The fourth-order valence-corrected chi connectivity index (χ4v) is 2.40. The van der Waals surface area contributed by atoms with Gasteiger partial charge in [-0.05, 0) is 12.8 Å². The number of hydrogen-bond acceptors (Lipinski definition) is 9. The van der Waals surface area contributed by atoms with Crippen LogP contribution in [0.4, 0.5) is 0 Å². The molecule has 0 fully saturated rings. The molecule has 124 valence electrons. The van der Waals surface area contributed by atoms with Crippen LogP contribution in [0.3, 0.4) is 0 Å². The molecular formula is C12H14N8O3P+. The van der Waals surface area contributed by atoms with Crippen molar-refractivity contribution in [3.8, 4) is 12.1 Å². The highest BCUT2D eigenvalue weighted by Gasteiger charge is 2.24. The van der Waals surface area contributed by atoms with Gasteiger partial charge in [-0.2, -0.15) is 20.7 Å². The maximum Gasteiger partial charge on any atom is 0.697 e. The molecule has 0 spiro atoms. The smallest absolute Gasteiger partial charge is 0.262 e. The summed E-state index contributed by atoms with van der Waals surface area (Å²) in [5.74, 6) is -0.182. The second kappa shape index (κ2) is 9.43. The van der Waals surface area contributed by atoms with Crippen molar-refractivity contribution in [2.75, 3.05) is 13.2 Å². The van der Waals surface area contributed by atoms with Gasteiger partial charge in [-0.15, -0.1) is 9.05 Å². The first kappa shape index (κ1) is 17.6. The molecular weight excluding hydrogens is 335 g/mol. The lowest BCUT2D eigenvalue weighted by molar-refractivity contribution is 0.218. The molecule has 2 unspecified atom stereocenters. The number of nitrogens with zero attached hydrogens (tertiary/aromatic N) is 6. The van der Waals surface area contributed by atoms with Crippen LogP contribution in [0.25, 0.3) is 0 Å². The van der Waals surface area contributed by atoms with E-state index in [1.165, 1.54) is 12.7 Å². The van der Waals surface area contributed by atoms with Crippen molar-refractivity contribution in [1.82, 2.24) is 30.4 Å². The molecule has 2 rings (SSSR count). The van der Waals surface area contributed by atoms with E-state index in [0.717, 1.165) is 0 Å². The van der Waals surface area contributed by atoms with Gasteiger partial charge in [0.05, 0.1) is 12.1 Å². The average molecular weight is 349 g/mol. The number of nitriles is 2. The van der Waals surface area contributed by atoms with E-state index in [9.17, 15) is 4.57 Å². The van der Waals surface area contributed by atoms with Crippen molar-refractivity contribution in [2.24, 2.45) is 0 Å². The zero-order valence-electron chi connectivity index (χ0n) is 12.5. The van der Waals surface area contributed by atoms with Crippen LogP contribution in [-0.2, 0) is 13.6 Å². The van der Waals surface area contributed by atoms with Gasteiger partial charge in [-0.3, -0.25) is 10.2 Å². The Morgan fingerprint density at radius 1 is 1.00 bits per heavy atom. The molecule has 2 atom stereocenters. The van der Waals surface area contributed by atoms with Gasteiger partial charge in [0.25, 0.3) is 0 Å². The van der Waals surface area contributed by atoms with Crippen LogP contribution in [0.1, 0.15) is 36.3 Å². The van der Waals surface area contributed by atoms with Gasteiger partial charge in [-0.1, -0.05) is 0 Å². The van der Waals surface area contributed by atoms with E-state index in [4.69, 9.17) is 19.6 Å². The third-order valence-electron chi connectivity index (χ3n) is 3.05. The fraction of sp³-hybridized carbons (Fsp3) is 0.500. The van der Waals surface area contributed by atoms with Gasteiger partial charge in [0.2, 0.25) is 0 Å². The maximum absolute atomic E-state index is 11.6. The van der Waals surface area contributed by atoms with E-state index in [-0.39, 0.29) is 13.2 Å². The number of nitrogens with one attached hydrogen (secondary N) is 2. The summed E-state index contributed by atoms with van der Waals surface area (Å²) in [5, 5.41) is 30.6. The Kier molecular flexibility index (Phi) is 6.92. The highest BCUT2D eigenvalue weighted by atomic mass is 31.1. The quantitative estimate of drug-likeness (QED) is 0.601. The highest BCUT2D eigenvalue weighted by molar-refractivity contribution is 7.33. The van der Waals surface area contributed by atoms with Crippen LogP contribution >= 0.6 is 8.25 Å². The molecule has 2 aromatic heterocycles. The Bertz CT molecular complexity index is 645. The normalized spacial score (nSPS) is 13.7. The maximum atomic E-state index is 11.6. The summed E-state index contributed by atoms with van der Waals surface area (Å²) in [4.78, 5) is 7.79. The third kappa shape index (κ3) is 5.18. The lowest BCUT2D eigenvalue weighted by atomic mass is 10.1. The number of rotatable bonds is 10. The van der Waals surface area contributed by atoms with Crippen LogP contribution in [0.2, 0.25) is 0 Å². The van der Waals surface area contributed by atoms with E-state index in [1.807, 2.05) is 0 Å². The van der Waals surface area contributed by atoms with Gasteiger partial charge >= 0.3 is 8.25 Å². The summed E-state index contributed by atoms with van der Waals surface area (Å²) < 4.78 is 21.7. The number of aromatic nitrogens is 6. The Morgan fingerprint density at radius 2 is 1.46 bits per heavy atom. The van der Waals surface area contributed by atoms with Crippen molar-refractivity contribution in [2.45, 2.75) is 24.7 Å². The van der Waals surface area contributed by atoms with Crippen LogP contribution in [0.5, 0.6) is 0 Å². The first-order chi connectivity index (χ1) is 11.7. The van der Waals surface area contributed by atoms with E-state index < -0.39 is 20.1 Å². The topological polar surface area (TPSA) is 166 Å². The van der Waals surface area contributed by atoms with Gasteiger partial charge in [-0.25, -0.2) is 9.97 Å². The van der Waals surface area contributed by atoms with E-state index in [2.05, 4.69) is 42.5 Å². The van der Waals surface area contributed by atoms with E-state index in [0.29, 0.717) is 24.5 Å². The average Bonchev–Trinajstić information content (AvgIpc) is 3.29. The molecule has 0 aliphatic carbocycles.